The Morgan fingerprint density at radius 1 is 1.00 bits per heavy atom. The van der Waals surface area contributed by atoms with Crippen molar-refractivity contribution < 1.29 is 9.53 Å². The molecule has 2 aliphatic rings. The van der Waals surface area contributed by atoms with Crippen LogP contribution in [0, 0.1) is 0 Å². The number of rotatable bonds is 3. The number of carbonyl (C=O) groups excluding carboxylic acids is 1. The third-order valence-corrected chi connectivity index (χ3v) is 5.02. The Morgan fingerprint density at radius 3 is 2.52 bits per heavy atom. The summed E-state index contributed by atoms with van der Waals surface area (Å²) in [6.45, 7) is -0.0461. The molecule has 0 aromatic heterocycles. The van der Waals surface area contributed by atoms with Crippen molar-refractivity contribution in [3.63, 3.8) is 0 Å². The van der Waals surface area contributed by atoms with E-state index in [0.29, 0.717) is 28.3 Å². The normalized spacial score (nSPS) is 18.2. The molecule has 0 saturated heterocycles. The van der Waals surface area contributed by atoms with Crippen LogP contribution in [-0.2, 0) is 4.79 Å². The molecule has 0 bridgehead atoms. The summed E-state index contributed by atoms with van der Waals surface area (Å²) in [6.07, 6.45) is 6.80. The molecule has 1 aliphatic heterocycles. The number of fused-ring (bicyclic) bond motifs is 1. The van der Waals surface area contributed by atoms with Crippen LogP contribution in [0.5, 0.6) is 5.75 Å². The van der Waals surface area contributed by atoms with Crippen molar-refractivity contribution in [2.75, 3.05) is 17.2 Å². The third kappa shape index (κ3) is 2.92. The van der Waals surface area contributed by atoms with E-state index in [9.17, 15) is 14.4 Å². The predicted molar refractivity (Wildman–Crippen MR) is 96.0 cm³/mol. The monoisotopic (exact) mass is 340 g/mol. The van der Waals surface area contributed by atoms with Crippen LogP contribution in [0.25, 0.3) is 11.1 Å². The van der Waals surface area contributed by atoms with E-state index in [0.717, 1.165) is 25.7 Å². The fraction of sp³-hybridized carbons (Fsp3) is 0.421. The van der Waals surface area contributed by atoms with E-state index < -0.39 is 10.9 Å². The van der Waals surface area contributed by atoms with Crippen LogP contribution in [-0.4, -0.2) is 18.6 Å². The summed E-state index contributed by atoms with van der Waals surface area (Å²) in [5.74, 6) is 0.315. The van der Waals surface area contributed by atoms with Crippen LogP contribution in [0.4, 0.5) is 11.4 Å². The van der Waals surface area contributed by atoms with E-state index in [1.54, 1.807) is 18.2 Å². The topological polar surface area (TPSA) is 84.5 Å². The molecule has 0 radical (unpaired) electrons. The molecule has 1 fully saturated rings. The van der Waals surface area contributed by atoms with E-state index in [-0.39, 0.29) is 18.6 Å². The minimum atomic E-state index is -0.462. The minimum absolute atomic E-state index is 0.0461. The highest BCUT2D eigenvalue weighted by molar-refractivity contribution is 5.96. The molecule has 2 N–H and O–H groups in total. The van der Waals surface area contributed by atoms with Gasteiger partial charge in [0.05, 0.1) is 16.9 Å². The molecule has 0 unspecified atom stereocenters. The standard InChI is InChI=1S/C19H20N2O4/c22-15-10-25-14-9-11(7-8-13(14)21-15)16-17(19(24)18(16)23)20-12-5-3-1-2-4-6-12/h7-9,12,20H,1-6,10H2,(H,21,22). The lowest BCUT2D eigenvalue weighted by molar-refractivity contribution is -0.118. The number of amides is 1. The lowest BCUT2D eigenvalue weighted by Crippen LogP contribution is -2.38. The highest BCUT2D eigenvalue weighted by Crippen LogP contribution is 2.34. The molecule has 6 nitrogen and oxygen atoms in total. The highest BCUT2D eigenvalue weighted by atomic mass is 16.5. The van der Waals surface area contributed by atoms with E-state index in [4.69, 9.17) is 4.74 Å². The molecule has 0 spiro atoms. The van der Waals surface area contributed by atoms with Gasteiger partial charge in [0, 0.05) is 6.04 Å². The first-order valence-corrected chi connectivity index (χ1v) is 8.80. The van der Waals surface area contributed by atoms with E-state index in [1.165, 1.54) is 12.8 Å². The molecular formula is C19H20N2O4. The number of carbonyl (C=O) groups is 1. The van der Waals surface area contributed by atoms with Crippen molar-refractivity contribution in [1.29, 1.82) is 0 Å². The van der Waals surface area contributed by atoms with Gasteiger partial charge < -0.3 is 15.4 Å². The quantitative estimate of drug-likeness (QED) is 0.662. The molecule has 2 aromatic carbocycles. The molecule has 6 heteroatoms. The van der Waals surface area contributed by atoms with Crippen molar-refractivity contribution in [3.05, 3.63) is 38.6 Å². The zero-order valence-corrected chi connectivity index (χ0v) is 13.9. The minimum Gasteiger partial charge on any atom is -0.482 e. The Morgan fingerprint density at radius 2 is 1.76 bits per heavy atom. The molecule has 25 heavy (non-hydrogen) atoms. The number of ether oxygens (including phenoxy) is 1. The summed E-state index contributed by atoms with van der Waals surface area (Å²) in [5, 5.41) is 6.03. The molecular weight excluding hydrogens is 320 g/mol. The van der Waals surface area contributed by atoms with Crippen LogP contribution < -0.4 is 26.2 Å². The van der Waals surface area contributed by atoms with Gasteiger partial charge in [0.2, 0.25) is 10.9 Å². The summed E-state index contributed by atoms with van der Waals surface area (Å²) in [6, 6.07) is 5.40. The van der Waals surface area contributed by atoms with E-state index in [1.807, 2.05) is 0 Å². The first kappa shape index (κ1) is 15.9. The van der Waals surface area contributed by atoms with Gasteiger partial charge in [0.1, 0.15) is 5.75 Å². The van der Waals surface area contributed by atoms with Gasteiger partial charge in [-0.1, -0.05) is 31.7 Å². The zero-order valence-electron chi connectivity index (χ0n) is 13.9. The van der Waals surface area contributed by atoms with Crippen LogP contribution >= 0.6 is 0 Å². The second kappa shape index (κ2) is 6.35. The molecule has 1 amide bonds. The fourth-order valence-electron chi connectivity index (χ4n) is 3.66. The van der Waals surface area contributed by atoms with Crippen molar-refractivity contribution >= 4 is 17.3 Å². The summed E-state index contributed by atoms with van der Waals surface area (Å²) in [7, 11) is 0. The van der Waals surface area contributed by atoms with Crippen LogP contribution in [0.1, 0.15) is 38.5 Å². The first-order valence-electron chi connectivity index (χ1n) is 8.80. The highest BCUT2D eigenvalue weighted by Gasteiger charge is 2.26. The van der Waals surface area contributed by atoms with Gasteiger partial charge in [-0.25, -0.2) is 0 Å². The Hall–Kier alpha value is -2.63. The maximum Gasteiger partial charge on any atom is 0.262 e. The van der Waals surface area contributed by atoms with Crippen molar-refractivity contribution in [2.45, 2.75) is 44.6 Å². The van der Waals surface area contributed by atoms with Gasteiger partial charge in [-0.05, 0) is 30.5 Å². The summed E-state index contributed by atoms with van der Waals surface area (Å²) in [4.78, 5) is 35.6. The molecule has 130 valence electrons. The Kier molecular flexibility index (Phi) is 4.03. The Balaban J connectivity index is 1.63. The Labute approximate surface area is 144 Å². The molecule has 4 rings (SSSR count). The van der Waals surface area contributed by atoms with E-state index >= 15 is 0 Å². The van der Waals surface area contributed by atoms with Crippen molar-refractivity contribution in [2.24, 2.45) is 0 Å². The summed E-state index contributed by atoms with van der Waals surface area (Å²) < 4.78 is 5.41. The SMILES string of the molecule is O=C1COc2cc(-c3c(NC4CCCCCC4)c(=O)c3=O)ccc2N1. The van der Waals surface area contributed by atoms with E-state index in [2.05, 4.69) is 10.6 Å². The number of nitrogens with one attached hydrogen (secondary N) is 2. The third-order valence-electron chi connectivity index (χ3n) is 5.02. The van der Waals surface area contributed by atoms with Gasteiger partial charge in [-0.15, -0.1) is 0 Å². The number of hydrogen-bond donors (Lipinski definition) is 2. The average Bonchev–Trinajstić information content (AvgIpc) is 2.89. The molecule has 1 saturated carbocycles. The van der Waals surface area contributed by atoms with Gasteiger partial charge in [-0.3, -0.25) is 14.4 Å². The average molecular weight is 340 g/mol. The van der Waals surface area contributed by atoms with Gasteiger partial charge in [0.15, 0.2) is 6.61 Å². The lowest BCUT2D eigenvalue weighted by Gasteiger charge is -2.22. The number of anilines is 2. The van der Waals surface area contributed by atoms with Crippen molar-refractivity contribution in [1.82, 2.24) is 0 Å². The molecule has 1 heterocycles. The number of benzene rings is 1. The maximum absolute atomic E-state index is 12.1. The molecule has 2 aromatic rings. The fourth-order valence-corrected chi connectivity index (χ4v) is 3.66. The summed E-state index contributed by atoms with van der Waals surface area (Å²) in [5.41, 5.74) is 1.18. The van der Waals surface area contributed by atoms with Crippen molar-refractivity contribution in [3.8, 4) is 16.9 Å². The first-order chi connectivity index (χ1) is 12.1. The largest absolute Gasteiger partial charge is 0.482 e. The van der Waals surface area contributed by atoms with Crippen LogP contribution in [0.2, 0.25) is 0 Å². The Bertz CT molecular complexity index is 887. The molecule has 0 atom stereocenters. The summed E-state index contributed by atoms with van der Waals surface area (Å²) >= 11 is 0. The second-order valence-corrected chi connectivity index (χ2v) is 6.79. The lowest BCUT2D eigenvalue weighted by atomic mass is 9.96. The zero-order chi connectivity index (χ0) is 17.4. The predicted octanol–water partition coefficient (Wildman–Crippen LogP) is 2.42. The maximum atomic E-state index is 12.1. The second-order valence-electron chi connectivity index (χ2n) is 6.79. The van der Waals surface area contributed by atoms with Gasteiger partial charge in [0.25, 0.3) is 5.91 Å². The van der Waals surface area contributed by atoms with Gasteiger partial charge in [-0.2, -0.15) is 0 Å². The van der Waals surface area contributed by atoms with Gasteiger partial charge >= 0.3 is 0 Å². The van der Waals surface area contributed by atoms with Crippen LogP contribution in [0.3, 0.4) is 0 Å². The molecule has 1 aliphatic carbocycles. The van der Waals surface area contributed by atoms with Crippen LogP contribution in [0.15, 0.2) is 27.8 Å². The number of hydrogen-bond acceptors (Lipinski definition) is 5. The smallest absolute Gasteiger partial charge is 0.262 e.